The van der Waals surface area contributed by atoms with Gasteiger partial charge in [0.1, 0.15) is 6.10 Å². The van der Waals surface area contributed by atoms with Gasteiger partial charge in [0.05, 0.1) is 0 Å². The SMILES string of the molecule is [C]=CC(=O)OC1CC2CC(C)C1C2. The summed E-state index contributed by atoms with van der Waals surface area (Å²) in [4.78, 5) is 10.9. The van der Waals surface area contributed by atoms with E-state index in [1.165, 1.54) is 12.8 Å². The Morgan fingerprint density at radius 3 is 2.77 bits per heavy atom. The number of carbonyl (C=O) groups is 1. The first kappa shape index (κ1) is 8.79. The number of hydrogen-bond acceptors (Lipinski definition) is 2. The Bertz CT molecular complexity index is 234. The van der Waals surface area contributed by atoms with Crippen LogP contribution in [-0.4, -0.2) is 12.1 Å². The number of rotatable bonds is 2. The number of ether oxygens (including phenoxy) is 1. The summed E-state index contributed by atoms with van der Waals surface area (Å²) < 4.78 is 5.18. The van der Waals surface area contributed by atoms with Crippen LogP contribution in [0.15, 0.2) is 6.08 Å². The van der Waals surface area contributed by atoms with Gasteiger partial charge < -0.3 is 4.74 Å². The molecular weight excluding hydrogens is 164 g/mol. The normalized spacial score (nSPS) is 41.9. The maximum absolute atomic E-state index is 10.9. The average Bonchev–Trinajstić information content (AvgIpc) is 2.62. The van der Waals surface area contributed by atoms with E-state index in [1.807, 2.05) is 0 Å². The molecule has 2 nitrogen and oxygen atoms in total. The van der Waals surface area contributed by atoms with Crippen LogP contribution in [0.5, 0.6) is 0 Å². The van der Waals surface area contributed by atoms with Gasteiger partial charge in [-0.3, -0.25) is 0 Å². The van der Waals surface area contributed by atoms with E-state index in [1.54, 1.807) is 0 Å². The van der Waals surface area contributed by atoms with Crippen molar-refractivity contribution in [1.82, 2.24) is 0 Å². The predicted octanol–water partition coefficient (Wildman–Crippen LogP) is 1.83. The summed E-state index contributed by atoms with van der Waals surface area (Å²) in [5, 5.41) is 0. The fraction of sp³-hybridized carbons (Fsp3) is 0.727. The number of carbonyl (C=O) groups excluding carboxylic acids is 1. The van der Waals surface area contributed by atoms with Gasteiger partial charge in [-0.2, -0.15) is 0 Å². The summed E-state index contributed by atoms with van der Waals surface area (Å²) in [6.07, 6.45) is 4.40. The van der Waals surface area contributed by atoms with E-state index in [9.17, 15) is 4.79 Å². The highest BCUT2D eigenvalue weighted by atomic mass is 16.5. The first-order valence-electron chi connectivity index (χ1n) is 4.91. The van der Waals surface area contributed by atoms with Gasteiger partial charge in [-0.25, -0.2) is 4.79 Å². The first-order valence-corrected chi connectivity index (χ1v) is 4.91. The van der Waals surface area contributed by atoms with Crippen molar-refractivity contribution in [3.8, 4) is 0 Å². The Morgan fingerprint density at radius 2 is 2.23 bits per heavy atom. The van der Waals surface area contributed by atoms with Gasteiger partial charge in [-0.05, 0) is 43.6 Å². The Labute approximate surface area is 79.0 Å². The van der Waals surface area contributed by atoms with Crippen LogP contribution in [-0.2, 0) is 9.53 Å². The minimum atomic E-state index is -0.482. The molecule has 70 valence electrons. The standard InChI is InChI=1S/C11H14O2/c1-3-11(12)13-10-6-8-4-7(2)9(10)5-8/h3,7-10H,4-6H2,2H3. The maximum atomic E-state index is 10.9. The summed E-state index contributed by atoms with van der Waals surface area (Å²) in [5.41, 5.74) is 0. The third kappa shape index (κ3) is 1.50. The van der Waals surface area contributed by atoms with Gasteiger partial charge >= 0.3 is 5.97 Å². The predicted molar refractivity (Wildman–Crippen MR) is 47.7 cm³/mol. The minimum absolute atomic E-state index is 0.0999. The zero-order chi connectivity index (χ0) is 9.42. The van der Waals surface area contributed by atoms with Crippen molar-refractivity contribution in [2.24, 2.45) is 17.8 Å². The molecule has 0 N–H and O–H groups in total. The number of hydrogen-bond donors (Lipinski definition) is 0. The summed E-state index contributed by atoms with van der Waals surface area (Å²) in [6.45, 7) is 8.99. The molecule has 0 aliphatic heterocycles. The summed E-state index contributed by atoms with van der Waals surface area (Å²) in [7, 11) is 0. The fourth-order valence-electron chi connectivity index (χ4n) is 2.95. The second-order valence-electron chi connectivity index (χ2n) is 4.33. The van der Waals surface area contributed by atoms with E-state index in [0.29, 0.717) is 11.8 Å². The molecule has 2 aliphatic rings. The lowest BCUT2D eigenvalue weighted by atomic mass is 9.88. The lowest BCUT2D eigenvalue weighted by Crippen LogP contribution is -2.27. The van der Waals surface area contributed by atoms with Crippen molar-refractivity contribution in [1.29, 1.82) is 0 Å². The Kier molecular flexibility index (Phi) is 2.14. The van der Waals surface area contributed by atoms with Crippen LogP contribution >= 0.6 is 0 Å². The van der Waals surface area contributed by atoms with Crippen LogP contribution < -0.4 is 0 Å². The van der Waals surface area contributed by atoms with E-state index in [0.717, 1.165) is 18.4 Å². The topological polar surface area (TPSA) is 26.3 Å². The van der Waals surface area contributed by atoms with Crippen molar-refractivity contribution in [3.05, 3.63) is 12.7 Å². The molecule has 2 saturated carbocycles. The number of esters is 1. The molecule has 13 heavy (non-hydrogen) atoms. The van der Waals surface area contributed by atoms with Gasteiger partial charge in [0, 0.05) is 6.08 Å². The molecule has 2 fully saturated rings. The van der Waals surface area contributed by atoms with Crippen LogP contribution in [0.25, 0.3) is 0 Å². The zero-order valence-electron chi connectivity index (χ0n) is 7.82. The van der Waals surface area contributed by atoms with E-state index in [4.69, 9.17) is 11.3 Å². The van der Waals surface area contributed by atoms with Crippen molar-refractivity contribution < 1.29 is 9.53 Å². The highest BCUT2D eigenvalue weighted by molar-refractivity contribution is 5.80. The van der Waals surface area contributed by atoms with Gasteiger partial charge in [0.25, 0.3) is 0 Å². The lowest BCUT2D eigenvalue weighted by Gasteiger charge is -2.26. The Hall–Kier alpha value is -0.790. The largest absolute Gasteiger partial charge is 0.459 e. The van der Waals surface area contributed by atoms with Gasteiger partial charge in [-0.1, -0.05) is 6.92 Å². The van der Waals surface area contributed by atoms with Crippen molar-refractivity contribution >= 4 is 5.97 Å². The van der Waals surface area contributed by atoms with Gasteiger partial charge in [-0.15, -0.1) is 0 Å². The van der Waals surface area contributed by atoms with Crippen molar-refractivity contribution in [3.63, 3.8) is 0 Å². The summed E-state index contributed by atoms with van der Waals surface area (Å²) in [6, 6.07) is 0. The summed E-state index contributed by atoms with van der Waals surface area (Å²) >= 11 is 0. The van der Waals surface area contributed by atoms with E-state index < -0.39 is 5.97 Å². The van der Waals surface area contributed by atoms with Crippen molar-refractivity contribution in [2.45, 2.75) is 32.3 Å². The van der Waals surface area contributed by atoms with Crippen LogP contribution in [0.4, 0.5) is 0 Å². The maximum Gasteiger partial charge on any atom is 0.331 e. The highest BCUT2D eigenvalue weighted by Gasteiger charge is 2.45. The molecule has 0 aromatic heterocycles. The molecule has 0 amide bonds. The van der Waals surface area contributed by atoms with Gasteiger partial charge in [0.15, 0.2) is 0 Å². The minimum Gasteiger partial charge on any atom is -0.459 e. The molecule has 2 radical (unpaired) electrons. The molecule has 0 spiro atoms. The lowest BCUT2D eigenvalue weighted by molar-refractivity contribution is -0.146. The second-order valence-corrected chi connectivity index (χ2v) is 4.33. The van der Waals surface area contributed by atoms with Crippen LogP contribution in [0.1, 0.15) is 26.2 Å². The van der Waals surface area contributed by atoms with Crippen LogP contribution in [0, 0.1) is 24.3 Å². The van der Waals surface area contributed by atoms with Crippen molar-refractivity contribution in [2.75, 3.05) is 0 Å². The monoisotopic (exact) mass is 178 g/mol. The van der Waals surface area contributed by atoms with E-state index in [-0.39, 0.29) is 6.10 Å². The van der Waals surface area contributed by atoms with E-state index >= 15 is 0 Å². The Balaban J connectivity index is 1.95. The molecule has 2 heteroatoms. The smallest absolute Gasteiger partial charge is 0.331 e. The Morgan fingerprint density at radius 1 is 1.46 bits per heavy atom. The second kappa shape index (κ2) is 3.17. The highest BCUT2D eigenvalue weighted by Crippen LogP contribution is 2.49. The van der Waals surface area contributed by atoms with E-state index in [2.05, 4.69) is 6.92 Å². The van der Waals surface area contributed by atoms with Crippen LogP contribution in [0.3, 0.4) is 0 Å². The third-order valence-electron chi connectivity index (χ3n) is 3.47. The molecule has 2 bridgehead atoms. The zero-order valence-corrected chi connectivity index (χ0v) is 7.82. The quantitative estimate of drug-likeness (QED) is 0.476. The number of fused-ring (bicyclic) bond motifs is 2. The van der Waals surface area contributed by atoms with Gasteiger partial charge in [0.2, 0.25) is 0 Å². The molecule has 0 aromatic rings. The molecular formula is C11H14O2. The molecule has 4 unspecified atom stereocenters. The summed E-state index contributed by atoms with van der Waals surface area (Å²) in [5.74, 6) is 1.55. The van der Waals surface area contributed by atoms with Crippen LogP contribution in [0.2, 0.25) is 0 Å². The molecule has 4 atom stereocenters. The third-order valence-corrected chi connectivity index (χ3v) is 3.47. The molecule has 0 aromatic carbocycles. The molecule has 2 aliphatic carbocycles. The average molecular weight is 178 g/mol. The first-order chi connectivity index (χ1) is 6.20. The molecule has 0 saturated heterocycles. The molecule has 2 rings (SSSR count). The molecule has 0 heterocycles. The fourth-order valence-corrected chi connectivity index (χ4v) is 2.95.